The van der Waals surface area contributed by atoms with Crippen molar-refractivity contribution in [1.29, 1.82) is 0 Å². The third-order valence-corrected chi connectivity index (χ3v) is 9.41. The molecule has 0 spiro atoms. The molecule has 7 rings (SSSR count). The first-order valence-corrected chi connectivity index (χ1v) is 12.8. The van der Waals surface area contributed by atoms with Crippen LogP contribution in [-0.4, -0.2) is 50.0 Å². The average Bonchev–Trinajstić information content (AvgIpc) is 3.36. The van der Waals surface area contributed by atoms with Gasteiger partial charge >= 0.3 is 5.97 Å². The number of carbonyl (C=O) groups excluding carboxylic acids is 1. The van der Waals surface area contributed by atoms with Crippen molar-refractivity contribution < 1.29 is 19.4 Å². The highest BCUT2D eigenvalue weighted by molar-refractivity contribution is 5.79. The molecule has 3 aromatic rings. The predicted molar refractivity (Wildman–Crippen MR) is 129 cm³/mol. The molecule has 7 atom stereocenters. The van der Waals surface area contributed by atoms with Gasteiger partial charge in [-0.2, -0.15) is 0 Å². The lowest BCUT2D eigenvalue weighted by Gasteiger charge is -2.51. The molecule has 2 heterocycles. The SMILES string of the molecule is CC1(C)OC2C(O)C3C4CCc5cc(-n6nnc7ccccc76)ccc5C4CC[C@]3(C)[C@H]2OC1=O. The normalized spacial score (nSPS) is 37.2. The van der Waals surface area contributed by atoms with Crippen molar-refractivity contribution >= 4 is 17.0 Å². The predicted octanol–water partition coefficient (Wildman–Crippen LogP) is 3.95. The van der Waals surface area contributed by atoms with Crippen molar-refractivity contribution in [2.24, 2.45) is 17.3 Å². The lowest BCUT2D eigenvalue weighted by Crippen LogP contribution is -2.55. The summed E-state index contributed by atoms with van der Waals surface area (Å²) in [5.41, 5.74) is 4.38. The van der Waals surface area contributed by atoms with Crippen LogP contribution in [0.3, 0.4) is 0 Å². The second-order valence-electron chi connectivity index (χ2n) is 11.7. The van der Waals surface area contributed by atoms with Crippen LogP contribution in [0.15, 0.2) is 42.5 Å². The molecule has 5 unspecified atom stereocenters. The molecule has 1 N–H and O–H groups in total. The second kappa shape index (κ2) is 7.14. The number of nitrogens with zero attached hydrogens (tertiary/aromatic N) is 3. The molecule has 2 aromatic carbocycles. The Kier molecular flexibility index (Phi) is 4.39. The van der Waals surface area contributed by atoms with Gasteiger partial charge in [0, 0.05) is 5.41 Å². The molecule has 1 saturated heterocycles. The third kappa shape index (κ3) is 2.88. The zero-order valence-corrected chi connectivity index (χ0v) is 20.3. The molecule has 4 aliphatic rings. The number of aliphatic hydroxyl groups is 1. The van der Waals surface area contributed by atoms with Gasteiger partial charge in [-0.15, -0.1) is 5.10 Å². The monoisotopic (exact) mass is 473 g/mol. The fourth-order valence-electron chi connectivity index (χ4n) is 7.75. The van der Waals surface area contributed by atoms with Crippen molar-refractivity contribution in [3.63, 3.8) is 0 Å². The fourth-order valence-corrected chi connectivity index (χ4v) is 7.75. The maximum atomic E-state index is 12.6. The minimum atomic E-state index is -1.02. The van der Waals surface area contributed by atoms with Gasteiger partial charge in [0.25, 0.3) is 0 Å². The number of aliphatic hydroxyl groups excluding tert-OH is 1. The number of benzene rings is 2. The van der Waals surface area contributed by atoms with Gasteiger partial charge in [-0.1, -0.05) is 30.3 Å². The largest absolute Gasteiger partial charge is 0.457 e. The summed E-state index contributed by atoms with van der Waals surface area (Å²) in [7, 11) is 0. The van der Waals surface area contributed by atoms with E-state index < -0.39 is 17.8 Å². The van der Waals surface area contributed by atoms with Gasteiger partial charge in [0.1, 0.15) is 17.7 Å². The zero-order valence-electron chi connectivity index (χ0n) is 20.3. The molecule has 3 fully saturated rings. The van der Waals surface area contributed by atoms with Gasteiger partial charge in [0.05, 0.1) is 17.3 Å². The van der Waals surface area contributed by atoms with Crippen LogP contribution in [0.25, 0.3) is 16.7 Å². The van der Waals surface area contributed by atoms with Crippen LogP contribution in [0.4, 0.5) is 0 Å². The van der Waals surface area contributed by atoms with Gasteiger partial charge in [-0.3, -0.25) is 0 Å². The van der Waals surface area contributed by atoms with Gasteiger partial charge in [-0.25, -0.2) is 9.48 Å². The number of hydrogen-bond acceptors (Lipinski definition) is 6. The molecular formula is C28H31N3O4. The number of rotatable bonds is 1. The number of ether oxygens (including phenoxy) is 2. The molecule has 7 heteroatoms. The molecule has 7 nitrogen and oxygen atoms in total. The topological polar surface area (TPSA) is 86.5 Å². The summed E-state index contributed by atoms with van der Waals surface area (Å²) in [6, 6.07) is 14.7. The molecule has 0 amide bonds. The summed E-state index contributed by atoms with van der Waals surface area (Å²) in [4.78, 5) is 12.6. The van der Waals surface area contributed by atoms with E-state index in [1.165, 1.54) is 11.1 Å². The van der Waals surface area contributed by atoms with E-state index in [4.69, 9.17) is 9.47 Å². The first kappa shape index (κ1) is 21.5. The molecule has 3 aliphatic carbocycles. The third-order valence-electron chi connectivity index (χ3n) is 9.41. The Hall–Kier alpha value is -2.77. The molecule has 2 saturated carbocycles. The summed E-state index contributed by atoms with van der Waals surface area (Å²) >= 11 is 0. The molecule has 1 aromatic heterocycles. The Bertz CT molecular complexity index is 1350. The highest BCUT2D eigenvalue weighted by Crippen LogP contribution is 2.63. The van der Waals surface area contributed by atoms with Crippen LogP contribution < -0.4 is 0 Å². The summed E-state index contributed by atoms with van der Waals surface area (Å²) in [6.07, 6.45) is 2.42. The van der Waals surface area contributed by atoms with Crippen LogP contribution in [-0.2, 0) is 20.7 Å². The standard InChI is InChI=1S/C28H31N3O4/c1-27(2)26(33)34-25-24(35-27)23(32)22-19-10-8-15-14-16(31-21-7-5-4-6-20(21)29-30-31)9-11-17(15)18(19)12-13-28(22,25)3/h4-7,9,11,14,18-19,22-25,32H,8,10,12-13H2,1-3H3/t18?,19?,22?,23?,24?,25-,28-/m0/s1. The lowest BCUT2D eigenvalue weighted by molar-refractivity contribution is -0.232. The highest BCUT2D eigenvalue weighted by atomic mass is 16.6. The zero-order chi connectivity index (χ0) is 24.1. The number of fused-ring (bicyclic) bond motifs is 8. The van der Waals surface area contributed by atoms with Crippen LogP contribution in [0.5, 0.6) is 0 Å². The van der Waals surface area contributed by atoms with Crippen molar-refractivity contribution in [2.75, 3.05) is 0 Å². The number of carbonyl (C=O) groups is 1. The lowest BCUT2D eigenvalue weighted by atomic mass is 9.55. The summed E-state index contributed by atoms with van der Waals surface area (Å²) in [5.74, 6) is 0.448. The molecule has 182 valence electrons. The van der Waals surface area contributed by atoms with Gasteiger partial charge in [0.15, 0.2) is 5.60 Å². The fraction of sp³-hybridized carbons (Fsp3) is 0.536. The first-order chi connectivity index (χ1) is 16.8. The quantitative estimate of drug-likeness (QED) is 0.539. The van der Waals surface area contributed by atoms with Crippen LogP contribution in [0, 0.1) is 17.3 Å². The van der Waals surface area contributed by atoms with E-state index in [0.717, 1.165) is 42.4 Å². The molecule has 0 bridgehead atoms. The van der Waals surface area contributed by atoms with Gasteiger partial charge < -0.3 is 14.6 Å². The van der Waals surface area contributed by atoms with Gasteiger partial charge in [0.2, 0.25) is 0 Å². The van der Waals surface area contributed by atoms with Crippen LogP contribution in [0.1, 0.15) is 57.1 Å². The van der Waals surface area contributed by atoms with Crippen LogP contribution in [0.2, 0.25) is 0 Å². The highest BCUT2D eigenvalue weighted by Gasteiger charge is 2.67. The smallest absolute Gasteiger partial charge is 0.338 e. The maximum Gasteiger partial charge on any atom is 0.338 e. The summed E-state index contributed by atoms with van der Waals surface area (Å²) < 4.78 is 14.1. The molecule has 35 heavy (non-hydrogen) atoms. The van der Waals surface area contributed by atoms with E-state index >= 15 is 0 Å². The van der Waals surface area contributed by atoms with Gasteiger partial charge in [-0.05, 0) is 92.7 Å². The summed E-state index contributed by atoms with van der Waals surface area (Å²) in [6.45, 7) is 5.67. The molecule has 1 aliphatic heterocycles. The molecule has 0 radical (unpaired) electrons. The van der Waals surface area contributed by atoms with Crippen molar-refractivity contribution in [3.8, 4) is 5.69 Å². The minimum Gasteiger partial charge on any atom is -0.457 e. The van der Waals surface area contributed by atoms with Crippen molar-refractivity contribution in [2.45, 2.75) is 76.3 Å². The number of aromatic nitrogens is 3. The second-order valence-corrected chi connectivity index (χ2v) is 11.7. The van der Waals surface area contributed by atoms with Crippen molar-refractivity contribution in [3.05, 3.63) is 53.6 Å². The average molecular weight is 474 g/mol. The Balaban J connectivity index is 1.23. The van der Waals surface area contributed by atoms with E-state index in [9.17, 15) is 9.90 Å². The summed E-state index contributed by atoms with van der Waals surface area (Å²) in [5, 5.41) is 20.2. The van der Waals surface area contributed by atoms with E-state index in [0.29, 0.717) is 11.8 Å². The Morgan fingerprint density at radius 3 is 2.80 bits per heavy atom. The number of aryl methyl sites for hydroxylation is 1. The van der Waals surface area contributed by atoms with E-state index in [-0.39, 0.29) is 23.4 Å². The first-order valence-electron chi connectivity index (χ1n) is 12.8. The van der Waals surface area contributed by atoms with E-state index in [2.05, 4.69) is 35.4 Å². The van der Waals surface area contributed by atoms with Crippen LogP contribution >= 0.6 is 0 Å². The Morgan fingerprint density at radius 2 is 1.94 bits per heavy atom. The maximum absolute atomic E-state index is 12.6. The van der Waals surface area contributed by atoms with Crippen molar-refractivity contribution in [1.82, 2.24) is 15.0 Å². The number of esters is 1. The minimum absolute atomic E-state index is 0.0463. The van der Waals surface area contributed by atoms with E-state index in [1.54, 1.807) is 13.8 Å². The Morgan fingerprint density at radius 1 is 1.11 bits per heavy atom. The number of para-hydroxylation sites is 1. The number of hydrogen-bond donors (Lipinski definition) is 1. The Labute approximate surface area is 204 Å². The molecular weight excluding hydrogens is 442 g/mol. The van der Waals surface area contributed by atoms with E-state index in [1.807, 2.05) is 28.9 Å².